The third kappa shape index (κ3) is 2.76. The number of aliphatic hydroxyl groups excluding tert-OH is 1. The molecule has 2 unspecified atom stereocenters. The second-order valence-electron chi connectivity index (χ2n) is 4.50. The molecule has 1 aliphatic rings. The van der Waals surface area contributed by atoms with E-state index in [9.17, 15) is 5.11 Å². The van der Waals surface area contributed by atoms with Crippen molar-refractivity contribution in [2.24, 2.45) is 0 Å². The molecular formula is C13H17N3O. The number of aliphatic hydroxyl groups is 1. The van der Waals surface area contributed by atoms with E-state index in [1.54, 1.807) is 0 Å². The van der Waals surface area contributed by atoms with E-state index in [0.717, 1.165) is 12.2 Å². The summed E-state index contributed by atoms with van der Waals surface area (Å²) in [5.74, 6) is 0. The maximum atomic E-state index is 9.82. The lowest BCUT2D eigenvalue weighted by Gasteiger charge is -2.26. The fourth-order valence-electron chi connectivity index (χ4n) is 2.17. The van der Waals surface area contributed by atoms with Gasteiger partial charge in [-0.15, -0.1) is 0 Å². The van der Waals surface area contributed by atoms with Gasteiger partial charge < -0.3 is 15.3 Å². The summed E-state index contributed by atoms with van der Waals surface area (Å²) in [6.07, 6.45) is -0.397. The van der Waals surface area contributed by atoms with Crippen LogP contribution in [0.25, 0.3) is 0 Å². The van der Waals surface area contributed by atoms with Gasteiger partial charge in [-0.2, -0.15) is 5.26 Å². The molecule has 1 saturated heterocycles. The van der Waals surface area contributed by atoms with Crippen molar-refractivity contribution in [1.29, 1.82) is 5.26 Å². The Morgan fingerprint density at radius 1 is 1.41 bits per heavy atom. The van der Waals surface area contributed by atoms with Crippen molar-refractivity contribution in [3.05, 3.63) is 29.8 Å². The molecule has 0 aliphatic carbocycles. The summed E-state index contributed by atoms with van der Waals surface area (Å²) in [6.45, 7) is 4.05. The van der Waals surface area contributed by atoms with Crippen LogP contribution in [0.2, 0.25) is 0 Å². The van der Waals surface area contributed by atoms with Crippen LogP contribution in [0, 0.1) is 11.3 Å². The van der Waals surface area contributed by atoms with E-state index in [0.29, 0.717) is 24.7 Å². The maximum absolute atomic E-state index is 9.82. The van der Waals surface area contributed by atoms with E-state index in [1.807, 2.05) is 24.3 Å². The number of β-amino-alcohol motifs (C(OH)–C–C–N with tert-alkyl or cyclic N) is 1. The van der Waals surface area contributed by atoms with E-state index in [4.69, 9.17) is 5.26 Å². The van der Waals surface area contributed by atoms with Gasteiger partial charge in [0.2, 0.25) is 0 Å². The zero-order valence-electron chi connectivity index (χ0n) is 9.93. The molecule has 0 amide bonds. The first-order valence-electron chi connectivity index (χ1n) is 5.86. The number of hydrogen-bond acceptors (Lipinski definition) is 4. The van der Waals surface area contributed by atoms with Crippen molar-refractivity contribution in [3.63, 3.8) is 0 Å². The molecule has 0 bridgehead atoms. The largest absolute Gasteiger partial charge is 0.390 e. The van der Waals surface area contributed by atoms with Crippen LogP contribution in [0.5, 0.6) is 0 Å². The van der Waals surface area contributed by atoms with Gasteiger partial charge in [-0.25, -0.2) is 0 Å². The zero-order chi connectivity index (χ0) is 12.3. The lowest BCUT2D eigenvalue weighted by Crippen LogP contribution is -2.35. The van der Waals surface area contributed by atoms with Crippen molar-refractivity contribution in [2.45, 2.75) is 19.1 Å². The van der Waals surface area contributed by atoms with E-state index >= 15 is 0 Å². The first-order valence-corrected chi connectivity index (χ1v) is 5.86. The molecular weight excluding hydrogens is 214 g/mol. The van der Waals surface area contributed by atoms with Crippen molar-refractivity contribution >= 4 is 5.69 Å². The predicted octanol–water partition coefficient (Wildman–Crippen LogP) is 0.717. The molecule has 0 saturated carbocycles. The highest BCUT2D eigenvalue weighted by Crippen LogP contribution is 2.21. The second-order valence-corrected chi connectivity index (χ2v) is 4.50. The Hall–Kier alpha value is -1.57. The van der Waals surface area contributed by atoms with Gasteiger partial charge in [0.1, 0.15) is 6.07 Å². The van der Waals surface area contributed by atoms with Crippen LogP contribution in [0.15, 0.2) is 24.3 Å². The summed E-state index contributed by atoms with van der Waals surface area (Å²) in [5.41, 5.74) is 1.57. The standard InChI is InChI=1S/C13H17N3O/c1-10-8-16(9-12(17)7-15-10)13-5-3-2-4-11(13)6-14/h2-5,10,12,15,17H,7-9H2,1H3. The van der Waals surface area contributed by atoms with Gasteiger partial charge in [0.25, 0.3) is 0 Å². The minimum Gasteiger partial charge on any atom is -0.390 e. The van der Waals surface area contributed by atoms with E-state index in [1.165, 1.54) is 0 Å². The fraction of sp³-hybridized carbons (Fsp3) is 0.462. The van der Waals surface area contributed by atoms with Gasteiger partial charge >= 0.3 is 0 Å². The summed E-state index contributed by atoms with van der Waals surface area (Å²) in [7, 11) is 0. The summed E-state index contributed by atoms with van der Waals surface area (Å²) >= 11 is 0. The molecule has 4 nitrogen and oxygen atoms in total. The molecule has 2 rings (SSSR count). The minimum absolute atomic E-state index is 0.305. The van der Waals surface area contributed by atoms with Crippen molar-refractivity contribution in [1.82, 2.24) is 5.32 Å². The molecule has 1 aliphatic heterocycles. The SMILES string of the molecule is CC1CN(c2ccccc2C#N)CC(O)CN1. The zero-order valence-corrected chi connectivity index (χ0v) is 9.93. The molecule has 1 aromatic rings. The maximum Gasteiger partial charge on any atom is 0.101 e. The van der Waals surface area contributed by atoms with Gasteiger partial charge in [-0.3, -0.25) is 0 Å². The third-order valence-electron chi connectivity index (χ3n) is 2.99. The Bertz CT molecular complexity index is 415. The molecule has 1 aromatic carbocycles. The van der Waals surface area contributed by atoms with Crippen molar-refractivity contribution in [3.8, 4) is 6.07 Å². The summed E-state index contributed by atoms with van der Waals surface area (Å²) in [5, 5.41) is 22.2. The average molecular weight is 231 g/mol. The number of benzene rings is 1. The third-order valence-corrected chi connectivity index (χ3v) is 2.99. The highest BCUT2D eigenvalue weighted by atomic mass is 16.3. The number of nitriles is 1. The minimum atomic E-state index is -0.397. The van der Waals surface area contributed by atoms with Crippen molar-refractivity contribution < 1.29 is 5.11 Å². The van der Waals surface area contributed by atoms with Crippen LogP contribution in [0.4, 0.5) is 5.69 Å². The Morgan fingerprint density at radius 3 is 2.94 bits per heavy atom. The van der Waals surface area contributed by atoms with Gasteiger partial charge in [-0.1, -0.05) is 12.1 Å². The molecule has 1 heterocycles. The molecule has 1 fully saturated rings. The Morgan fingerprint density at radius 2 is 2.18 bits per heavy atom. The van der Waals surface area contributed by atoms with Crippen LogP contribution < -0.4 is 10.2 Å². The Kier molecular flexibility index (Phi) is 3.62. The molecule has 0 spiro atoms. The molecule has 17 heavy (non-hydrogen) atoms. The van der Waals surface area contributed by atoms with Gasteiger partial charge in [0, 0.05) is 25.7 Å². The summed E-state index contributed by atoms with van der Waals surface area (Å²) < 4.78 is 0. The second kappa shape index (κ2) is 5.17. The van der Waals surface area contributed by atoms with Gasteiger partial charge in [-0.05, 0) is 19.1 Å². The number of hydrogen-bond donors (Lipinski definition) is 2. The van der Waals surface area contributed by atoms with Crippen LogP contribution in [0.3, 0.4) is 0 Å². The Balaban J connectivity index is 2.28. The van der Waals surface area contributed by atoms with Crippen LogP contribution in [-0.4, -0.2) is 36.9 Å². The van der Waals surface area contributed by atoms with Crippen molar-refractivity contribution in [2.75, 3.05) is 24.5 Å². The lowest BCUT2D eigenvalue weighted by molar-refractivity contribution is 0.183. The molecule has 0 radical (unpaired) electrons. The average Bonchev–Trinajstić information content (AvgIpc) is 2.51. The highest BCUT2D eigenvalue weighted by molar-refractivity contribution is 5.59. The molecule has 2 N–H and O–H groups in total. The van der Waals surface area contributed by atoms with Crippen LogP contribution in [0.1, 0.15) is 12.5 Å². The van der Waals surface area contributed by atoms with Gasteiger partial charge in [0.05, 0.1) is 17.4 Å². The topological polar surface area (TPSA) is 59.3 Å². The lowest BCUT2D eigenvalue weighted by atomic mass is 10.1. The van der Waals surface area contributed by atoms with Crippen LogP contribution >= 0.6 is 0 Å². The van der Waals surface area contributed by atoms with E-state index in [2.05, 4.69) is 23.2 Å². The number of rotatable bonds is 1. The first-order chi connectivity index (χ1) is 8.20. The molecule has 4 heteroatoms. The molecule has 2 atom stereocenters. The normalized spacial score (nSPS) is 25.1. The molecule has 0 aromatic heterocycles. The summed E-state index contributed by atoms with van der Waals surface area (Å²) in [4.78, 5) is 2.08. The van der Waals surface area contributed by atoms with E-state index < -0.39 is 6.10 Å². The number of para-hydroxylation sites is 1. The highest BCUT2D eigenvalue weighted by Gasteiger charge is 2.21. The quantitative estimate of drug-likeness (QED) is 0.747. The molecule has 90 valence electrons. The fourth-order valence-corrected chi connectivity index (χ4v) is 2.17. The smallest absolute Gasteiger partial charge is 0.101 e. The number of nitrogens with one attached hydrogen (secondary N) is 1. The Labute approximate surface area is 101 Å². The van der Waals surface area contributed by atoms with Gasteiger partial charge in [0.15, 0.2) is 0 Å². The van der Waals surface area contributed by atoms with E-state index in [-0.39, 0.29) is 0 Å². The van der Waals surface area contributed by atoms with Crippen LogP contribution in [-0.2, 0) is 0 Å². The monoisotopic (exact) mass is 231 g/mol. The number of nitrogens with zero attached hydrogens (tertiary/aromatic N) is 2. The first kappa shape index (κ1) is 11.9. The predicted molar refractivity (Wildman–Crippen MR) is 66.8 cm³/mol. The number of anilines is 1. The summed E-state index contributed by atoms with van der Waals surface area (Å²) in [6, 6.07) is 10.0.